The fourth-order valence-electron chi connectivity index (χ4n) is 3.91. The smallest absolute Gasteiger partial charge is 0.347 e. The SMILES string of the molecule is O=C(NC1CC2CC1N(C(=O)c1ccc(C(F)(F)F)s1)C2)c1cccnc1. The first kappa shape index (κ1) is 18.0. The van der Waals surface area contributed by atoms with E-state index in [1.807, 2.05) is 0 Å². The van der Waals surface area contributed by atoms with Gasteiger partial charge in [-0.05, 0) is 43.0 Å². The van der Waals surface area contributed by atoms with Gasteiger partial charge < -0.3 is 10.2 Å². The molecule has 1 saturated heterocycles. The summed E-state index contributed by atoms with van der Waals surface area (Å²) >= 11 is 0.462. The predicted octanol–water partition coefficient (Wildman–Crippen LogP) is 3.19. The van der Waals surface area contributed by atoms with Crippen LogP contribution < -0.4 is 5.32 Å². The van der Waals surface area contributed by atoms with Crippen molar-refractivity contribution in [2.24, 2.45) is 5.92 Å². The average molecular weight is 395 g/mol. The number of hydrogen-bond acceptors (Lipinski definition) is 4. The molecule has 4 rings (SSSR count). The van der Waals surface area contributed by atoms with Crippen molar-refractivity contribution in [2.75, 3.05) is 6.54 Å². The lowest BCUT2D eigenvalue weighted by Gasteiger charge is -2.33. The highest BCUT2D eigenvalue weighted by Gasteiger charge is 2.48. The zero-order chi connectivity index (χ0) is 19.2. The van der Waals surface area contributed by atoms with Crippen LogP contribution in [0.2, 0.25) is 0 Å². The Hall–Kier alpha value is -2.42. The van der Waals surface area contributed by atoms with Crippen molar-refractivity contribution in [1.82, 2.24) is 15.2 Å². The molecule has 1 N–H and O–H groups in total. The number of likely N-dealkylation sites (tertiary alicyclic amines) is 1. The number of pyridine rings is 1. The lowest BCUT2D eigenvalue weighted by Crippen LogP contribution is -2.51. The van der Waals surface area contributed by atoms with Crippen molar-refractivity contribution in [3.63, 3.8) is 0 Å². The lowest BCUT2D eigenvalue weighted by molar-refractivity contribution is -0.134. The Morgan fingerprint density at radius 3 is 2.67 bits per heavy atom. The number of rotatable bonds is 3. The molecule has 9 heteroatoms. The number of fused-ring (bicyclic) bond motifs is 2. The number of thiophene rings is 1. The molecule has 2 amide bonds. The van der Waals surface area contributed by atoms with E-state index < -0.39 is 17.0 Å². The maximum atomic E-state index is 12.8. The normalized spacial score (nSPS) is 24.3. The van der Waals surface area contributed by atoms with Gasteiger partial charge >= 0.3 is 6.18 Å². The van der Waals surface area contributed by atoms with Gasteiger partial charge in [0.25, 0.3) is 11.8 Å². The molecular formula is C18H16F3N3O2S. The number of carbonyl (C=O) groups is 2. The minimum Gasteiger partial charge on any atom is -0.347 e. The van der Waals surface area contributed by atoms with E-state index in [1.165, 1.54) is 12.3 Å². The first-order valence-electron chi connectivity index (χ1n) is 8.52. The summed E-state index contributed by atoms with van der Waals surface area (Å²) in [6.07, 6.45) is 0.105. The van der Waals surface area contributed by atoms with E-state index in [-0.39, 0.29) is 28.8 Å². The molecule has 142 valence electrons. The molecule has 0 aromatic carbocycles. The van der Waals surface area contributed by atoms with Gasteiger partial charge in [0.05, 0.1) is 16.5 Å². The van der Waals surface area contributed by atoms with Gasteiger partial charge in [-0.25, -0.2) is 0 Å². The highest BCUT2D eigenvalue weighted by Crippen LogP contribution is 2.40. The topological polar surface area (TPSA) is 62.3 Å². The zero-order valence-electron chi connectivity index (χ0n) is 14.1. The third-order valence-corrected chi connectivity index (χ3v) is 6.20. The minimum absolute atomic E-state index is 0.0761. The van der Waals surface area contributed by atoms with Crippen LogP contribution >= 0.6 is 11.3 Å². The van der Waals surface area contributed by atoms with Gasteiger partial charge in [0, 0.05) is 25.0 Å². The summed E-state index contributed by atoms with van der Waals surface area (Å²) in [5.41, 5.74) is 0.436. The van der Waals surface area contributed by atoms with Crippen LogP contribution in [0, 0.1) is 5.92 Å². The van der Waals surface area contributed by atoms with E-state index in [9.17, 15) is 22.8 Å². The second kappa shape index (κ2) is 6.63. The molecular weight excluding hydrogens is 379 g/mol. The van der Waals surface area contributed by atoms with Crippen molar-refractivity contribution in [1.29, 1.82) is 0 Å². The van der Waals surface area contributed by atoms with E-state index in [0.29, 0.717) is 23.4 Å². The van der Waals surface area contributed by atoms with Gasteiger partial charge in [-0.1, -0.05) is 0 Å². The van der Waals surface area contributed by atoms with Crippen LogP contribution in [0.4, 0.5) is 13.2 Å². The Kier molecular flexibility index (Phi) is 4.41. The molecule has 2 aromatic rings. The molecule has 3 heterocycles. The van der Waals surface area contributed by atoms with Crippen molar-refractivity contribution >= 4 is 23.2 Å². The molecule has 1 aliphatic carbocycles. The molecule has 5 nitrogen and oxygen atoms in total. The second-order valence-corrected chi connectivity index (χ2v) is 7.93. The number of nitrogens with one attached hydrogen (secondary N) is 1. The van der Waals surface area contributed by atoms with Crippen LogP contribution in [0.3, 0.4) is 0 Å². The summed E-state index contributed by atoms with van der Waals surface area (Å²) in [6.45, 7) is 0.516. The number of halogens is 3. The van der Waals surface area contributed by atoms with Crippen molar-refractivity contribution in [3.8, 4) is 0 Å². The number of nitrogens with zero attached hydrogens (tertiary/aromatic N) is 2. The van der Waals surface area contributed by atoms with Gasteiger partial charge in [-0.3, -0.25) is 14.6 Å². The fraction of sp³-hybridized carbons (Fsp3) is 0.389. The van der Waals surface area contributed by atoms with E-state index in [1.54, 1.807) is 23.2 Å². The Morgan fingerprint density at radius 2 is 2.04 bits per heavy atom. The molecule has 2 fully saturated rings. The van der Waals surface area contributed by atoms with Crippen molar-refractivity contribution in [3.05, 3.63) is 52.0 Å². The van der Waals surface area contributed by atoms with Crippen molar-refractivity contribution in [2.45, 2.75) is 31.1 Å². The molecule has 1 aliphatic heterocycles. The molecule has 2 aromatic heterocycles. The Balaban J connectivity index is 1.47. The first-order valence-corrected chi connectivity index (χ1v) is 9.33. The lowest BCUT2D eigenvalue weighted by atomic mass is 10.0. The Bertz CT molecular complexity index is 868. The largest absolute Gasteiger partial charge is 0.425 e. The molecule has 3 unspecified atom stereocenters. The van der Waals surface area contributed by atoms with Gasteiger partial charge in [-0.2, -0.15) is 13.2 Å². The number of aromatic nitrogens is 1. The number of hydrogen-bond donors (Lipinski definition) is 1. The molecule has 2 bridgehead atoms. The fourth-order valence-corrected chi connectivity index (χ4v) is 4.74. The van der Waals surface area contributed by atoms with Gasteiger partial charge in [0.1, 0.15) is 4.88 Å². The molecule has 2 aliphatic rings. The maximum absolute atomic E-state index is 12.8. The third kappa shape index (κ3) is 3.43. The average Bonchev–Trinajstić information content (AvgIpc) is 3.36. The van der Waals surface area contributed by atoms with Crippen LogP contribution in [0.1, 0.15) is 37.7 Å². The van der Waals surface area contributed by atoms with Crippen LogP contribution in [0.5, 0.6) is 0 Å². The summed E-state index contributed by atoms with van der Waals surface area (Å²) in [4.78, 5) is 29.9. The van der Waals surface area contributed by atoms with Crippen molar-refractivity contribution < 1.29 is 22.8 Å². The van der Waals surface area contributed by atoms with Crippen LogP contribution in [0.25, 0.3) is 0 Å². The van der Waals surface area contributed by atoms with E-state index in [4.69, 9.17) is 0 Å². The third-order valence-electron chi connectivity index (χ3n) is 5.08. The first-order chi connectivity index (χ1) is 12.8. The quantitative estimate of drug-likeness (QED) is 0.868. The van der Waals surface area contributed by atoms with E-state index in [2.05, 4.69) is 10.3 Å². The van der Waals surface area contributed by atoms with E-state index >= 15 is 0 Å². The summed E-state index contributed by atoms with van der Waals surface area (Å²) in [5, 5.41) is 2.94. The summed E-state index contributed by atoms with van der Waals surface area (Å²) in [5.74, 6) is -0.410. The van der Waals surface area contributed by atoms with E-state index in [0.717, 1.165) is 18.9 Å². The Labute approximate surface area is 157 Å². The second-order valence-electron chi connectivity index (χ2n) is 6.85. The molecule has 1 saturated carbocycles. The Morgan fingerprint density at radius 1 is 1.22 bits per heavy atom. The zero-order valence-corrected chi connectivity index (χ0v) is 14.9. The van der Waals surface area contributed by atoms with Crippen LogP contribution in [-0.2, 0) is 6.18 Å². The molecule has 3 atom stereocenters. The highest BCUT2D eigenvalue weighted by molar-refractivity contribution is 7.14. The summed E-state index contributed by atoms with van der Waals surface area (Å²) in [7, 11) is 0. The minimum atomic E-state index is -4.45. The van der Waals surface area contributed by atoms with Gasteiger partial charge in [0.2, 0.25) is 0 Å². The van der Waals surface area contributed by atoms with Crippen LogP contribution in [0.15, 0.2) is 36.7 Å². The van der Waals surface area contributed by atoms with Gasteiger partial charge in [-0.15, -0.1) is 11.3 Å². The van der Waals surface area contributed by atoms with Crippen LogP contribution in [-0.4, -0.2) is 40.3 Å². The molecule has 0 radical (unpaired) electrons. The maximum Gasteiger partial charge on any atom is 0.425 e. The summed E-state index contributed by atoms with van der Waals surface area (Å²) in [6, 6.07) is 5.09. The number of alkyl halides is 3. The molecule has 0 spiro atoms. The highest BCUT2D eigenvalue weighted by atomic mass is 32.1. The van der Waals surface area contributed by atoms with Gasteiger partial charge in [0.15, 0.2) is 0 Å². The monoisotopic (exact) mass is 395 g/mol. The summed E-state index contributed by atoms with van der Waals surface area (Å²) < 4.78 is 38.4. The number of piperidine rings is 1. The predicted molar refractivity (Wildman–Crippen MR) is 92.4 cm³/mol. The number of carbonyl (C=O) groups excluding carboxylic acids is 2. The standard InChI is InChI=1S/C18H16F3N3O2S/c19-18(20,21)15-4-3-14(27-15)17(26)24-9-10-6-12(13(24)7-10)23-16(25)11-2-1-5-22-8-11/h1-5,8,10,12-13H,6-7,9H2,(H,23,25). The number of amides is 2. The molecule has 27 heavy (non-hydrogen) atoms.